The molecule has 0 heterocycles. The highest BCUT2D eigenvalue weighted by Crippen LogP contribution is 2.17. The summed E-state index contributed by atoms with van der Waals surface area (Å²) in [6.45, 7) is 4.72. The summed E-state index contributed by atoms with van der Waals surface area (Å²) >= 11 is 0. The summed E-state index contributed by atoms with van der Waals surface area (Å²) in [5.74, 6) is 0. The maximum atomic E-state index is 12.4. The van der Waals surface area contributed by atoms with E-state index in [2.05, 4.69) is 24.3 Å². The summed E-state index contributed by atoms with van der Waals surface area (Å²) in [7, 11) is -3.35. The Balaban J connectivity index is 1.97. The van der Waals surface area contributed by atoms with Crippen molar-refractivity contribution in [2.75, 3.05) is 13.1 Å². The molecule has 0 aliphatic rings. The third-order valence-electron chi connectivity index (χ3n) is 4.04. The largest absolute Gasteiger partial charge is 0.243 e. The molecule has 4 heteroatoms. The van der Waals surface area contributed by atoms with E-state index >= 15 is 0 Å². The summed E-state index contributed by atoms with van der Waals surface area (Å²) in [5.41, 5.74) is 2.52. The number of hydrogen-bond donors (Lipinski definition) is 0. The molecular weight excluding hydrogens is 306 g/mol. The van der Waals surface area contributed by atoms with Crippen molar-refractivity contribution in [2.45, 2.75) is 38.0 Å². The smallest absolute Gasteiger partial charge is 0.207 e. The van der Waals surface area contributed by atoms with Gasteiger partial charge in [-0.1, -0.05) is 56.3 Å². The molecule has 0 saturated heterocycles. The Hall–Kier alpha value is -1.65. The highest BCUT2D eigenvalue weighted by Gasteiger charge is 2.20. The van der Waals surface area contributed by atoms with Gasteiger partial charge in [-0.3, -0.25) is 0 Å². The molecule has 3 nitrogen and oxygen atoms in total. The van der Waals surface area contributed by atoms with E-state index in [0.29, 0.717) is 18.0 Å². The lowest BCUT2D eigenvalue weighted by molar-refractivity contribution is 0.445. The van der Waals surface area contributed by atoms with Gasteiger partial charge in [0, 0.05) is 13.1 Å². The fourth-order valence-corrected chi connectivity index (χ4v) is 4.14. The third kappa shape index (κ3) is 4.66. The molecule has 0 aromatic heterocycles. The molecule has 2 rings (SSSR count). The minimum absolute atomic E-state index is 0.382. The number of benzene rings is 2. The zero-order chi connectivity index (χ0) is 16.7. The van der Waals surface area contributed by atoms with Crippen molar-refractivity contribution in [3.8, 4) is 0 Å². The summed E-state index contributed by atoms with van der Waals surface area (Å²) < 4.78 is 26.3. The summed E-state index contributed by atoms with van der Waals surface area (Å²) in [6, 6.07) is 17.7. The Kier molecular flexibility index (Phi) is 6.37. The van der Waals surface area contributed by atoms with Gasteiger partial charge in [-0.2, -0.15) is 4.31 Å². The van der Waals surface area contributed by atoms with Gasteiger partial charge in [0.2, 0.25) is 10.0 Å². The first-order valence-corrected chi connectivity index (χ1v) is 9.65. The molecule has 0 aliphatic carbocycles. The van der Waals surface area contributed by atoms with Crippen molar-refractivity contribution in [3.63, 3.8) is 0 Å². The zero-order valence-electron chi connectivity index (χ0n) is 13.9. The number of aryl methyl sites for hydroxylation is 2. The van der Waals surface area contributed by atoms with Crippen molar-refractivity contribution in [3.05, 3.63) is 65.7 Å². The predicted octanol–water partition coefficient (Wildman–Crippen LogP) is 3.89. The van der Waals surface area contributed by atoms with E-state index in [1.54, 1.807) is 12.1 Å². The third-order valence-corrected chi connectivity index (χ3v) is 6.10. The fourth-order valence-electron chi connectivity index (χ4n) is 2.68. The van der Waals surface area contributed by atoms with Gasteiger partial charge in [0.15, 0.2) is 0 Å². The Labute approximate surface area is 140 Å². The standard InChI is InChI=1S/C19H25NO2S/c1-3-20(4-2)23(21,22)19-15-13-18(14-16-19)12-8-11-17-9-6-5-7-10-17/h5-7,9-10,13-16H,3-4,8,11-12H2,1-2H3. The van der Waals surface area contributed by atoms with Crippen LogP contribution in [0.15, 0.2) is 59.5 Å². The minimum Gasteiger partial charge on any atom is -0.207 e. The summed E-state index contributed by atoms with van der Waals surface area (Å²) in [6.07, 6.45) is 3.06. The van der Waals surface area contributed by atoms with E-state index in [1.807, 2.05) is 32.0 Å². The van der Waals surface area contributed by atoms with Gasteiger partial charge in [-0.05, 0) is 42.5 Å². The number of nitrogens with zero attached hydrogens (tertiary/aromatic N) is 1. The van der Waals surface area contributed by atoms with Crippen molar-refractivity contribution >= 4 is 10.0 Å². The molecule has 0 amide bonds. The van der Waals surface area contributed by atoms with Crippen LogP contribution >= 0.6 is 0 Å². The van der Waals surface area contributed by atoms with Crippen LogP contribution in [-0.4, -0.2) is 25.8 Å². The molecule has 0 aliphatic heterocycles. The van der Waals surface area contributed by atoms with E-state index in [9.17, 15) is 8.42 Å². The van der Waals surface area contributed by atoms with E-state index in [1.165, 1.54) is 15.4 Å². The SMILES string of the molecule is CCN(CC)S(=O)(=O)c1ccc(CCCc2ccccc2)cc1. The lowest BCUT2D eigenvalue weighted by Crippen LogP contribution is -2.30. The fraction of sp³-hybridized carbons (Fsp3) is 0.368. The summed E-state index contributed by atoms with van der Waals surface area (Å²) in [5, 5.41) is 0. The Morgan fingerprint density at radius 2 is 1.30 bits per heavy atom. The van der Waals surface area contributed by atoms with E-state index in [4.69, 9.17) is 0 Å². The molecule has 0 bridgehead atoms. The second-order valence-corrected chi connectivity index (χ2v) is 7.51. The molecule has 0 fully saturated rings. The monoisotopic (exact) mass is 331 g/mol. The van der Waals surface area contributed by atoms with Gasteiger partial charge in [0.25, 0.3) is 0 Å². The highest BCUT2D eigenvalue weighted by molar-refractivity contribution is 7.89. The normalized spacial score (nSPS) is 11.8. The number of sulfonamides is 1. The quantitative estimate of drug-likeness (QED) is 0.736. The maximum Gasteiger partial charge on any atom is 0.243 e. The molecule has 0 spiro atoms. The van der Waals surface area contributed by atoms with Gasteiger partial charge in [-0.25, -0.2) is 8.42 Å². The van der Waals surface area contributed by atoms with Crippen LogP contribution in [0.1, 0.15) is 31.4 Å². The lowest BCUT2D eigenvalue weighted by Gasteiger charge is -2.18. The van der Waals surface area contributed by atoms with E-state index in [-0.39, 0.29) is 0 Å². The molecule has 0 saturated carbocycles. The highest BCUT2D eigenvalue weighted by atomic mass is 32.2. The predicted molar refractivity (Wildman–Crippen MR) is 95.0 cm³/mol. The van der Waals surface area contributed by atoms with Crippen LogP contribution in [0.2, 0.25) is 0 Å². The molecule has 124 valence electrons. The van der Waals surface area contributed by atoms with Crippen molar-refractivity contribution in [1.29, 1.82) is 0 Å². The first kappa shape index (κ1) is 17.7. The second kappa shape index (κ2) is 8.27. The molecule has 23 heavy (non-hydrogen) atoms. The first-order chi connectivity index (χ1) is 11.1. The average Bonchev–Trinajstić information content (AvgIpc) is 2.57. The maximum absolute atomic E-state index is 12.4. The Morgan fingerprint density at radius 3 is 1.83 bits per heavy atom. The van der Waals surface area contributed by atoms with Crippen LogP contribution in [0.5, 0.6) is 0 Å². The minimum atomic E-state index is -3.35. The number of rotatable bonds is 8. The van der Waals surface area contributed by atoms with Gasteiger partial charge in [0.05, 0.1) is 4.90 Å². The molecule has 2 aromatic carbocycles. The molecule has 2 aromatic rings. The van der Waals surface area contributed by atoms with Crippen LogP contribution < -0.4 is 0 Å². The number of hydrogen-bond acceptors (Lipinski definition) is 2. The molecule has 0 radical (unpaired) electrons. The topological polar surface area (TPSA) is 37.4 Å². The van der Waals surface area contributed by atoms with E-state index < -0.39 is 10.0 Å². The van der Waals surface area contributed by atoms with E-state index in [0.717, 1.165) is 19.3 Å². The van der Waals surface area contributed by atoms with Crippen LogP contribution in [0.25, 0.3) is 0 Å². The van der Waals surface area contributed by atoms with Crippen molar-refractivity contribution in [1.82, 2.24) is 4.31 Å². The van der Waals surface area contributed by atoms with Crippen molar-refractivity contribution in [2.24, 2.45) is 0 Å². The van der Waals surface area contributed by atoms with Crippen LogP contribution in [0.3, 0.4) is 0 Å². The first-order valence-electron chi connectivity index (χ1n) is 8.21. The molecular formula is C19H25NO2S. The van der Waals surface area contributed by atoms with Gasteiger partial charge < -0.3 is 0 Å². The average molecular weight is 331 g/mol. The van der Waals surface area contributed by atoms with Gasteiger partial charge in [0.1, 0.15) is 0 Å². The molecule has 0 atom stereocenters. The van der Waals surface area contributed by atoms with Gasteiger partial charge >= 0.3 is 0 Å². The Bertz CT molecular complexity index is 690. The van der Waals surface area contributed by atoms with Crippen LogP contribution in [-0.2, 0) is 22.9 Å². The lowest BCUT2D eigenvalue weighted by atomic mass is 10.0. The van der Waals surface area contributed by atoms with Gasteiger partial charge in [-0.15, -0.1) is 0 Å². The van der Waals surface area contributed by atoms with Crippen molar-refractivity contribution < 1.29 is 8.42 Å². The molecule has 0 N–H and O–H groups in total. The molecule has 0 unspecified atom stereocenters. The second-order valence-electron chi connectivity index (χ2n) is 5.57. The zero-order valence-corrected chi connectivity index (χ0v) is 14.7. The Morgan fingerprint density at radius 1 is 0.783 bits per heavy atom. The van der Waals surface area contributed by atoms with Crippen LogP contribution in [0, 0.1) is 0 Å². The summed E-state index contributed by atoms with van der Waals surface area (Å²) in [4.78, 5) is 0.382. The van der Waals surface area contributed by atoms with Crippen LogP contribution in [0.4, 0.5) is 0 Å².